The summed E-state index contributed by atoms with van der Waals surface area (Å²) in [4.78, 5) is 23.1. The van der Waals surface area contributed by atoms with Crippen molar-refractivity contribution in [2.75, 3.05) is 12.4 Å². The maximum atomic E-state index is 12.1. The van der Waals surface area contributed by atoms with Crippen LogP contribution in [-0.4, -0.2) is 27.9 Å². The van der Waals surface area contributed by atoms with E-state index < -0.39 is 0 Å². The minimum atomic E-state index is -0.184. The molecule has 2 aromatic rings. The number of nitrogens with one attached hydrogen (secondary N) is 3. The molecular formula is C12H15N5O. The van der Waals surface area contributed by atoms with Gasteiger partial charge in [0.25, 0.3) is 5.91 Å². The summed E-state index contributed by atoms with van der Waals surface area (Å²) in [6.07, 6.45) is 6.55. The van der Waals surface area contributed by atoms with E-state index in [0.29, 0.717) is 5.56 Å². The average molecular weight is 245 g/mol. The minimum absolute atomic E-state index is 0.183. The molecule has 2 aromatic heterocycles. The molecule has 3 N–H and O–H groups in total. The highest BCUT2D eigenvalue weighted by molar-refractivity contribution is 5.99. The highest BCUT2D eigenvalue weighted by Crippen LogP contribution is 2.14. The monoisotopic (exact) mass is 245 g/mol. The molecule has 1 amide bonds. The Morgan fingerprint density at radius 2 is 2.28 bits per heavy atom. The number of nitrogens with zero attached hydrogens (tertiary/aromatic N) is 2. The van der Waals surface area contributed by atoms with Crippen LogP contribution in [0.1, 0.15) is 29.1 Å². The third-order valence-electron chi connectivity index (χ3n) is 2.61. The molecule has 0 aliphatic carbocycles. The van der Waals surface area contributed by atoms with Crippen LogP contribution in [0.2, 0.25) is 0 Å². The molecule has 0 aliphatic rings. The van der Waals surface area contributed by atoms with Gasteiger partial charge >= 0.3 is 0 Å². The summed E-state index contributed by atoms with van der Waals surface area (Å²) in [5.41, 5.74) is 1.26. The van der Waals surface area contributed by atoms with Crippen LogP contribution in [0.15, 0.2) is 30.9 Å². The first kappa shape index (κ1) is 12.1. The molecule has 2 rings (SSSR count). The first-order chi connectivity index (χ1) is 8.72. The van der Waals surface area contributed by atoms with Gasteiger partial charge in [0, 0.05) is 37.5 Å². The lowest BCUT2D eigenvalue weighted by molar-refractivity contribution is 0.0939. The van der Waals surface area contributed by atoms with E-state index in [9.17, 15) is 4.79 Å². The van der Waals surface area contributed by atoms with Crippen LogP contribution in [-0.2, 0) is 0 Å². The summed E-state index contributed by atoms with van der Waals surface area (Å²) in [6, 6.07) is 1.57. The van der Waals surface area contributed by atoms with E-state index in [1.54, 1.807) is 31.7 Å². The minimum Gasteiger partial charge on any atom is -0.387 e. The van der Waals surface area contributed by atoms with Gasteiger partial charge in [0.15, 0.2) is 0 Å². The van der Waals surface area contributed by atoms with Crippen molar-refractivity contribution in [2.24, 2.45) is 0 Å². The predicted octanol–water partition coefficient (Wildman–Crippen LogP) is 1.34. The number of amides is 1. The van der Waals surface area contributed by atoms with E-state index in [1.165, 1.54) is 6.20 Å². The molecule has 1 unspecified atom stereocenters. The third-order valence-corrected chi connectivity index (χ3v) is 2.61. The number of carbonyl (C=O) groups excluding carboxylic acids is 1. The second kappa shape index (κ2) is 5.31. The maximum absolute atomic E-state index is 12.1. The van der Waals surface area contributed by atoms with Gasteiger partial charge in [-0.2, -0.15) is 0 Å². The molecule has 0 fully saturated rings. The van der Waals surface area contributed by atoms with Crippen molar-refractivity contribution >= 4 is 11.6 Å². The summed E-state index contributed by atoms with van der Waals surface area (Å²) in [6.45, 7) is 1.87. The summed E-state index contributed by atoms with van der Waals surface area (Å²) < 4.78 is 0. The predicted molar refractivity (Wildman–Crippen MR) is 68.3 cm³/mol. The average Bonchev–Trinajstić information content (AvgIpc) is 2.92. The molecule has 94 valence electrons. The summed E-state index contributed by atoms with van der Waals surface area (Å²) in [5.74, 6) is 0.537. The van der Waals surface area contributed by atoms with Gasteiger partial charge in [0.1, 0.15) is 5.82 Å². The molecule has 0 saturated heterocycles. The van der Waals surface area contributed by atoms with Gasteiger partial charge in [0.05, 0.1) is 11.6 Å². The quantitative estimate of drug-likeness (QED) is 0.759. The first-order valence-corrected chi connectivity index (χ1v) is 5.64. The Bertz CT molecular complexity index is 523. The van der Waals surface area contributed by atoms with E-state index in [1.807, 2.05) is 6.92 Å². The molecule has 0 aliphatic heterocycles. The Balaban J connectivity index is 2.12. The van der Waals surface area contributed by atoms with Crippen LogP contribution in [0.5, 0.6) is 0 Å². The maximum Gasteiger partial charge on any atom is 0.255 e. The van der Waals surface area contributed by atoms with Gasteiger partial charge in [0.2, 0.25) is 0 Å². The second-order valence-corrected chi connectivity index (χ2v) is 3.84. The van der Waals surface area contributed by atoms with Crippen molar-refractivity contribution in [1.29, 1.82) is 0 Å². The van der Waals surface area contributed by atoms with Gasteiger partial charge in [-0.05, 0) is 13.0 Å². The van der Waals surface area contributed by atoms with Gasteiger partial charge in [-0.3, -0.25) is 9.78 Å². The number of rotatable bonds is 4. The number of pyridine rings is 1. The Labute approximate surface area is 105 Å². The standard InChI is InChI=1S/C12H15N5O/c1-8(11-15-5-6-16-11)17-12(18)9-7-14-4-3-10(9)13-2/h3-8H,1-2H3,(H,13,14)(H,15,16)(H,17,18). The summed E-state index contributed by atoms with van der Waals surface area (Å²) >= 11 is 0. The largest absolute Gasteiger partial charge is 0.387 e. The van der Waals surface area contributed by atoms with Crippen molar-refractivity contribution in [3.63, 3.8) is 0 Å². The van der Waals surface area contributed by atoms with Crippen molar-refractivity contribution in [3.05, 3.63) is 42.2 Å². The number of hydrogen-bond donors (Lipinski definition) is 3. The van der Waals surface area contributed by atoms with Crippen LogP contribution >= 0.6 is 0 Å². The lowest BCUT2D eigenvalue weighted by Crippen LogP contribution is -2.28. The molecule has 18 heavy (non-hydrogen) atoms. The smallest absolute Gasteiger partial charge is 0.255 e. The zero-order valence-electron chi connectivity index (χ0n) is 10.3. The van der Waals surface area contributed by atoms with Crippen LogP contribution in [0, 0.1) is 0 Å². The molecule has 2 heterocycles. The Hall–Kier alpha value is -2.37. The number of H-pyrrole nitrogens is 1. The summed E-state index contributed by atoms with van der Waals surface area (Å²) in [5, 5.41) is 5.82. The molecule has 6 nitrogen and oxygen atoms in total. The van der Waals surface area contributed by atoms with Crippen molar-refractivity contribution in [3.8, 4) is 0 Å². The van der Waals surface area contributed by atoms with Crippen LogP contribution in [0.25, 0.3) is 0 Å². The first-order valence-electron chi connectivity index (χ1n) is 5.64. The molecule has 0 bridgehead atoms. The lowest BCUT2D eigenvalue weighted by atomic mass is 10.2. The zero-order chi connectivity index (χ0) is 13.0. The lowest BCUT2D eigenvalue weighted by Gasteiger charge is -2.13. The van der Waals surface area contributed by atoms with Crippen LogP contribution < -0.4 is 10.6 Å². The Morgan fingerprint density at radius 1 is 1.44 bits per heavy atom. The van der Waals surface area contributed by atoms with E-state index in [0.717, 1.165) is 11.5 Å². The van der Waals surface area contributed by atoms with E-state index in [2.05, 4.69) is 25.6 Å². The number of aromatic amines is 1. The fraction of sp³-hybridized carbons (Fsp3) is 0.250. The Morgan fingerprint density at radius 3 is 2.94 bits per heavy atom. The molecule has 6 heteroatoms. The topological polar surface area (TPSA) is 82.7 Å². The van der Waals surface area contributed by atoms with Crippen molar-refractivity contribution < 1.29 is 4.79 Å². The van der Waals surface area contributed by atoms with Crippen molar-refractivity contribution in [1.82, 2.24) is 20.3 Å². The van der Waals surface area contributed by atoms with Gasteiger partial charge in [-0.1, -0.05) is 0 Å². The van der Waals surface area contributed by atoms with Crippen LogP contribution in [0.4, 0.5) is 5.69 Å². The molecule has 0 spiro atoms. The van der Waals surface area contributed by atoms with E-state index >= 15 is 0 Å². The molecule has 0 radical (unpaired) electrons. The zero-order valence-corrected chi connectivity index (χ0v) is 10.3. The molecular weight excluding hydrogens is 230 g/mol. The molecule has 0 aromatic carbocycles. The fourth-order valence-electron chi connectivity index (χ4n) is 1.65. The molecule has 1 atom stereocenters. The number of carbonyl (C=O) groups is 1. The number of anilines is 1. The fourth-order valence-corrected chi connectivity index (χ4v) is 1.65. The number of hydrogen-bond acceptors (Lipinski definition) is 4. The molecule has 0 saturated carbocycles. The van der Waals surface area contributed by atoms with Gasteiger partial charge in [-0.25, -0.2) is 4.98 Å². The Kier molecular flexibility index (Phi) is 3.57. The van der Waals surface area contributed by atoms with E-state index in [4.69, 9.17) is 0 Å². The second-order valence-electron chi connectivity index (χ2n) is 3.84. The number of aromatic nitrogens is 3. The van der Waals surface area contributed by atoms with Crippen LogP contribution in [0.3, 0.4) is 0 Å². The van der Waals surface area contributed by atoms with Crippen molar-refractivity contribution in [2.45, 2.75) is 13.0 Å². The van der Waals surface area contributed by atoms with Gasteiger partial charge < -0.3 is 15.6 Å². The number of imidazole rings is 1. The highest BCUT2D eigenvalue weighted by Gasteiger charge is 2.15. The van der Waals surface area contributed by atoms with E-state index in [-0.39, 0.29) is 11.9 Å². The normalized spacial score (nSPS) is 11.9. The summed E-state index contributed by atoms with van der Waals surface area (Å²) in [7, 11) is 1.77. The highest BCUT2D eigenvalue weighted by atomic mass is 16.1. The van der Waals surface area contributed by atoms with Gasteiger partial charge in [-0.15, -0.1) is 0 Å². The SMILES string of the molecule is CNc1ccncc1C(=O)NC(C)c1ncc[nH]1. The third kappa shape index (κ3) is 2.48.